The summed E-state index contributed by atoms with van der Waals surface area (Å²) in [6.45, 7) is 0. The number of quaternary nitrogens is 1. The fourth-order valence-electron chi connectivity index (χ4n) is 3.17. The van der Waals surface area contributed by atoms with Gasteiger partial charge in [0.05, 0.1) is 25.3 Å². The van der Waals surface area contributed by atoms with Gasteiger partial charge in [-0.2, -0.15) is 5.23 Å². The molecule has 2 N–H and O–H groups in total. The number of hydrogen-bond acceptors (Lipinski definition) is 6. The number of aromatic nitrogens is 1. The van der Waals surface area contributed by atoms with Crippen LogP contribution < -0.4 is 14.7 Å². The van der Waals surface area contributed by atoms with Gasteiger partial charge in [-0.25, -0.2) is 10.2 Å². The Labute approximate surface area is 172 Å². The van der Waals surface area contributed by atoms with Gasteiger partial charge in [-0.1, -0.05) is 12.1 Å². The molecule has 4 aromatic rings. The first-order valence-electron chi connectivity index (χ1n) is 8.99. The molecule has 148 valence electrons. The van der Waals surface area contributed by atoms with Gasteiger partial charge in [0, 0.05) is 33.6 Å². The molecule has 29 heavy (non-hydrogen) atoms. The van der Waals surface area contributed by atoms with E-state index in [1.807, 2.05) is 48.5 Å². The normalized spacial score (nSPS) is 12.3. The maximum atomic E-state index is 11.1. The van der Waals surface area contributed by atoms with Gasteiger partial charge in [0.25, 0.3) is 0 Å². The summed E-state index contributed by atoms with van der Waals surface area (Å²) in [5, 5.41) is 21.3. The predicted octanol–water partition coefficient (Wildman–Crippen LogP) is 4.10. The fourth-order valence-corrected chi connectivity index (χ4v) is 4.31. The Balaban J connectivity index is 1.79. The number of nitrogens with one attached hydrogen (secondary N) is 1. The van der Waals surface area contributed by atoms with Crippen molar-refractivity contribution < 1.29 is 19.9 Å². The van der Waals surface area contributed by atoms with Crippen molar-refractivity contribution in [1.82, 2.24) is 4.98 Å². The molecule has 0 saturated carbocycles. The van der Waals surface area contributed by atoms with Crippen LogP contribution in [-0.2, 0) is 5.75 Å². The van der Waals surface area contributed by atoms with E-state index < -0.39 is 5.23 Å². The molecule has 1 unspecified atom stereocenters. The third-order valence-electron chi connectivity index (χ3n) is 4.72. The Hall–Kier alpha value is -2.84. The molecule has 6 nitrogen and oxygen atoms in total. The lowest BCUT2D eigenvalue weighted by atomic mass is 10.1. The van der Waals surface area contributed by atoms with Gasteiger partial charge in [-0.3, -0.25) is 0 Å². The molecular weight excluding hydrogens is 388 g/mol. The van der Waals surface area contributed by atoms with Crippen molar-refractivity contribution >= 4 is 39.3 Å². The van der Waals surface area contributed by atoms with Gasteiger partial charge in [-0.15, -0.1) is 11.8 Å². The van der Waals surface area contributed by atoms with Crippen molar-refractivity contribution in [2.24, 2.45) is 0 Å². The average molecular weight is 408 g/mol. The summed E-state index contributed by atoms with van der Waals surface area (Å²) < 4.78 is 10.8. The topological polar surface area (TPSA) is 79.1 Å². The zero-order chi connectivity index (χ0) is 20.4. The van der Waals surface area contributed by atoms with Crippen LogP contribution in [-0.4, -0.2) is 24.4 Å². The lowest BCUT2D eigenvalue weighted by Gasteiger charge is -2.14. The summed E-state index contributed by atoms with van der Waals surface area (Å²) in [5.74, 6) is 2.24. The maximum Gasteiger partial charge on any atom is 0.163 e. The van der Waals surface area contributed by atoms with Crippen molar-refractivity contribution in [1.29, 1.82) is 0 Å². The smallest absolute Gasteiger partial charge is 0.163 e. The zero-order valence-electron chi connectivity index (χ0n) is 16.0. The van der Waals surface area contributed by atoms with E-state index in [-0.39, 0.29) is 5.69 Å². The Morgan fingerprint density at radius 1 is 0.897 bits per heavy atom. The molecule has 3 aromatic carbocycles. The van der Waals surface area contributed by atoms with Crippen LogP contribution in [0.2, 0.25) is 0 Å². The minimum Gasteiger partial charge on any atom is -0.595 e. The maximum absolute atomic E-state index is 11.1. The molecule has 0 fully saturated rings. The highest BCUT2D eigenvalue weighted by atomic mass is 32.2. The van der Waals surface area contributed by atoms with E-state index in [0.29, 0.717) is 5.75 Å². The summed E-state index contributed by atoms with van der Waals surface area (Å²) in [6, 6.07) is 18.7. The number of benzene rings is 3. The van der Waals surface area contributed by atoms with Gasteiger partial charge < -0.3 is 14.7 Å². The first-order chi connectivity index (χ1) is 14.1. The number of pyridine rings is 1. The Kier molecular flexibility index (Phi) is 5.55. The van der Waals surface area contributed by atoms with E-state index in [1.54, 1.807) is 38.1 Å². The lowest BCUT2D eigenvalue weighted by Crippen LogP contribution is -2.99. The highest BCUT2D eigenvalue weighted by Gasteiger charge is 2.13. The van der Waals surface area contributed by atoms with Crippen molar-refractivity contribution in [3.63, 3.8) is 0 Å². The van der Waals surface area contributed by atoms with Gasteiger partial charge in [0.1, 0.15) is 11.5 Å². The minimum absolute atomic E-state index is 0.285. The van der Waals surface area contributed by atoms with Crippen LogP contribution in [0.15, 0.2) is 65.6 Å². The van der Waals surface area contributed by atoms with Gasteiger partial charge >= 0.3 is 0 Å². The highest BCUT2D eigenvalue weighted by molar-refractivity contribution is 7.99. The van der Waals surface area contributed by atoms with Crippen LogP contribution in [0.3, 0.4) is 0 Å². The Morgan fingerprint density at radius 3 is 1.93 bits per heavy atom. The van der Waals surface area contributed by atoms with Crippen LogP contribution in [0.25, 0.3) is 21.8 Å². The second-order valence-electron chi connectivity index (χ2n) is 6.50. The van der Waals surface area contributed by atoms with Crippen molar-refractivity contribution in [2.75, 3.05) is 14.2 Å². The Morgan fingerprint density at radius 2 is 1.45 bits per heavy atom. The molecule has 0 bridgehead atoms. The number of hydrogen-bond donors (Lipinski definition) is 2. The second kappa shape index (κ2) is 8.26. The van der Waals surface area contributed by atoms with Crippen molar-refractivity contribution in [2.45, 2.75) is 10.6 Å². The first kappa shape index (κ1) is 19.5. The van der Waals surface area contributed by atoms with E-state index >= 15 is 0 Å². The van der Waals surface area contributed by atoms with E-state index in [1.165, 1.54) is 0 Å². The van der Waals surface area contributed by atoms with E-state index in [4.69, 9.17) is 19.7 Å². The lowest BCUT2D eigenvalue weighted by molar-refractivity contribution is -0.991. The SMILES string of the molecule is COc1ccc2nc3ccc(OC)cc3c(SCc3ccc([NH+]([O-])O)cc3)c2c1. The average Bonchev–Trinajstić information content (AvgIpc) is 2.76. The minimum atomic E-state index is -0.922. The summed E-state index contributed by atoms with van der Waals surface area (Å²) in [4.78, 5) is 5.87. The van der Waals surface area contributed by atoms with Crippen molar-refractivity contribution in [3.05, 3.63) is 71.4 Å². The fraction of sp³-hybridized carbons (Fsp3) is 0.136. The zero-order valence-corrected chi connectivity index (χ0v) is 16.8. The largest absolute Gasteiger partial charge is 0.595 e. The standard InChI is InChI=1S/C22H20N2O4S/c1-27-16-7-9-20-18(11-16)22(19-12-17(28-2)8-10-21(19)23-20)29-13-14-3-5-15(6-4-14)24(25)26/h3-12,24-25H,13H2,1-2H3. The predicted molar refractivity (Wildman–Crippen MR) is 114 cm³/mol. The van der Waals surface area contributed by atoms with Gasteiger partial charge in [0.15, 0.2) is 5.69 Å². The van der Waals surface area contributed by atoms with Gasteiger partial charge in [0.2, 0.25) is 0 Å². The molecular formula is C22H20N2O4S. The molecule has 0 radical (unpaired) electrons. The molecule has 1 aromatic heterocycles. The molecule has 7 heteroatoms. The molecule has 0 amide bonds. The number of fused-ring (bicyclic) bond motifs is 2. The number of nitrogens with zero attached hydrogens (tertiary/aromatic N) is 1. The van der Waals surface area contributed by atoms with E-state index in [2.05, 4.69) is 0 Å². The molecule has 1 heterocycles. The third kappa shape index (κ3) is 3.99. The summed E-state index contributed by atoms with van der Waals surface area (Å²) in [5.41, 5.74) is 3.12. The summed E-state index contributed by atoms with van der Waals surface area (Å²) >= 11 is 1.69. The monoisotopic (exact) mass is 408 g/mol. The molecule has 0 aliphatic rings. The number of rotatable bonds is 6. The molecule has 4 rings (SSSR count). The van der Waals surface area contributed by atoms with Crippen molar-refractivity contribution in [3.8, 4) is 11.5 Å². The van der Waals surface area contributed by atoms with Crippen LogP contribution in [0.5, 0.6) is 11.5 Å². The van der Waals surface area contributed by atoms with E-state index in [0.717, 1.165) is 43.8 Å². The van der Waals surface area contributed by atoms with Crippen LogP contribution in [0.4, 0.5) is 5.69 Å². The van der Waals surface area contributed by atoms with Crippen LogP contribution >= 0.6 is 11.8 Å². The third-order valence-corrected chi connectivity index (χ3v) is 5.93. The number of thioether (sulfide) groups is 1. The second-order valence-corrected chi connectivity index (χ2v) is 7.48. The molecule has 0 aliphatic heterocycles. The Bertz CT molecular complexity index is 1100. The number of methoxy groups -OCH3 is 2. The first-order valence-corrected chi connectivity index (χ1v) is 9.98. The molecule has 0 spiro atoms. The highest BCUT2D eigenvalue weighted by Crippen LogP contribution is 2.38. The van der Waals surface area contributed by atoms with Crippen LogP contribution in [0, 0.1) is 5.21 Å². The molecule has 0 aliphatic carbocycles. The van der Waals surface area contributed by atoms with Gasteiger partial charge in [-0.05, 0) is 42.0 Å². The summed E-state index contributed by atoms with van der Waals surface area (Å²) in [7, 11) is 3.30. The number of ether oxygens (including phenoxy) is 2. The van der Waals surface area contributed by atoms with E-state index in [9.17, 15) is 5.21 Å². The van der Waals surface area contributed by atoms with Crippen LogP contribution in [0.1, 0.15) is 5.56 Å². The molecule has 0 saturated heterocycles. The molecule has 1 atom stereocenters. The quantitative estimate of drug-likeness (QED) is 0.284. The summed E-state index contributed by atoms with van der Waals surface area (Å²) in [6.07, 6.45) is 0.